The summed E-state index contributed by atoms with van der Waals surface area (Å²) in [7, 11) is 0. The van der Waals surface area contributed by atoms with Gasteiger partial charge in [0.25, 0.3) is 0 Å². The Morgan fingerprint density at radius 1 is 1.15 bits per heavy atom. The van der Waals surface area contributed by atoms with E-state index < -0.39 is 5.69 Å². The topological polar surface area (TPSA) is 135 Å². The first kappa shape index (κ1) is 20.0. The average Bonchev–Trinajstić information content (AvgIpc) is 3.40. The summed E-state index contributed by atoms with van der Waals surface area (Å²) in [5, 5.41) is 15.1. The number of amides is 1. The van der Waals surface area contributed by atoms with Crippen LogP contribution in [0.15, 0.2) is 22.1 Å². The second-order valence-corrected chi connectivity index (χ2v) is 9.09. The number of nitrogens with zero attached hydrogens (tertiary/aromatic N) is 6. The molecule has 0 aromatic carbocycles. The lowest BCUT2D eigenvalue weighted by Gasteiger charge is -2.38. The number of aromatic hydroxyl groups is 1. The third-order valence-corrected chi connectivity index (χ3v) is 6.73. The zero-order chi connectivity index (χ0) is 22.5. The maximum Gasteiger partial charge on any atom is 0.326 e. The van der Waals surface area contributed by atoms with Crippen molar-refractivity contribution in [3.63, 3.8) is 0 Å². The zero-order valence-corrected chi connectivity index (χ0v) is 18.2. The molecular weight excluding hydrogens is 424 g/mol. The van der Waals surface area contributed by atoms with Crippen LogP contribution in [0.4, 0.5) is 5.82 Å². The number of anilines is 1. The van der Waals surface area contributed by atoms with Gasteiger partial charge in [-0.25, -0.2) is 9.78 Å². The van der Waals surface area contributed by atoms with Gasteiger partial charge in [-0.3, -0.25) is 14.8 Å². The first-order valence-electron chi connectivity index (χ1n) is 11.5. The minimum absolute atomic E-state index is 0.219. The highest BCUT2D eigenvalue weighted by Gasteiger charge is 2.31. The van der Waals surface area contributed by atoms with Crippen molar-refractivity contribution in [3.8, 4) is 5.88 Å². The second kappa shape index (κ2) is 7.75. The van der Waals surface area contributed by atoms with Crippen molar-refractivity contribution < 1.29 is 9.90 Å². The highest BCUT2D eigenvalue weighted by Crippen LogP contribution is 2.29. The van der Waals surface area contributed by atoms with Crippen LogP contribution in [0.25, 0.3) is 11.7 Å². The van der Waals surface area contributed by atoms with Crippen molar-refractivity contribution in [1.29, 1.82) is 0 Å². The average molecular weight is 451 g/mol. The Morgan fingerprint density at radius 3 is 2.58 bits per heavy atom. The number of carbonyl (C=O) groups is 1. The molecule has 6 rings (SSSR count). The van der Waals surface area contributed by atoms with Crippen molar-refractivity contribution in [3.05, 3.63) is 39.1 Å². The van der Waals surface area contributed by atoms with Crippen molar-refractivity contribution >= 4 is 23.4 Å². The Morgan fingerprint density at radius 2 is 1.94 bits per heavy atom. The number of piperazine rings is 1. The first-order chi connectivity index (χ1) is 16.0. The molecule has 2 saturated carbocycles. The smallest absolute Gasteiger partial charge is 0.326 e. The summed E-state index contributed by atoms with van der Waals surface area (Å²) in [6.45, 7) is 2.80. The lowest BCUT2D eigenvalue weighted by atomic mass is 9.84. The summed E-state index contributed by atoms with van der Waals surface area (Å²) in [6.07, 6.45) is 8.63. The van der Waals surface area contributed by atoms with Crippen molar-refractivity contribution in [1.82, 2.24) is 29.5 Å². The fourth-order valence-corrected chi connectivity index (χ4v) is 4.41. The number of nitrogens with one attached hydrogen (secondary N) is 2. The number of hydrogen-bond donors (Lipinski definition) is 3. The van der Waals surface area contributed by atoms with Gasteiger partial charge in [-0.1, -0.05) is 6.42 Å². The number of hydrogen-bond acceptors (Lipinski definition) is 7. The van der Waals surface area contributed by atoms with Gasteiger partial charge in [0.1, 0.15) is 11.5 Å². The van der Waals surface area contributed by atoms with Gasteiger partial charge in [0.15, 0.2) is 11.1 Å². The van der Waals surface area contributed by atoms with E-state index >= 15 is 0 Å². The third kappa shape index (κ3) is 3.77. The third-order valence-electron chi connectivity index (χ3n) is 6.73. The summed E-state index contributed by atoms with van der Waals surface area (Å²) in [5.41, 5.74) is 1.12. The van der Waals surface area contributed by atoms with Gasteiger partial charge < -0.3 is 19.9 Å². The standard InChI is InChI=1S/C22H26N8O3/c31-20-16(25-22(33)27-20)10-14-12-23-30-18(24-15-4-5-15)11-17(26-19(14)30)28-6-8-29(9-7-28)21(32)13-2-1-3-13/h10-13,15,31H,1-9H2,(H2,25,27,33)/b14-10+,24-18?. The van der Waals surface area contributed by atoms with E-state index in [-0.39, 0.29) is 17.5 Å². The van der Waals surface area contributed by atoms with Gasteiger partial charge in [-0.15, -0.1) is 0 Å². The Hall–Kier alpha value is -3.63. The van der Waals surface area contributed by atoms with Crippen LogP contribution < -0.4 is 21.3 Å². The number of aromatic nitrogens is 5. The van der Waals surface area contributed by atoms with Crippen LogP contribution in [-0.4, -0.2) is 72.7 Å². The van der Waals surface area contributed by atoms with E-state index in [1.54, 1.807) is 16.8 Å². The number of imidazole rings is 1. The second-order valence-electron chi connectivity index (χ2n) is 9.09. The molecule has 3 N–H and O–H groups in total. The van der Waals surface area contributed by atoms with Crippen LogP contribution in [0.2, 0.25) is 0 Å². The van der Waals surface area contributed by atoms with Crippen molar-refractivity contribution in [2.75, 3.05) is 31.1 Å². The van der Waals surface area contributed by atoms with Crippen LogP contribution in [-0.2, 0) is 4.79 Å². The SMILES string of the molecule is O=C(C1CCC1)N1CCN(c2cc(=NC3CC3)n3nc/c(=C\c4[nH]c(=O)[nH]c4O)c3n2)CC1. The zero-order valence-electron chi connectivity index (χ0n) is 18.2. The maximum absolute atomic E-state index is 12.6. The summed E-state index contributed by atoms with van der Waals surface area (Å²) in [6, 6.07) is 2.27. The van der Waals surface area contributed by atoms with E-state index in [0.29, 0.717) is 49.0 Å². The van der Waals surface area contributed by atoms with E-state index in [1.165, 1.54) is 0 Å². The monoisotopic (exact) mass is 450 g/mol. The van der Waals surface area contributed by atoms with Gasteiger partial charge in [0.05, 0.1) is 12.2 Å². The van der Waals surface area contributed by atoms with Crippen LogP contribution in [0.3, 0.4) is 0 Å². The molecule has 0 atom stereocenters. The molecule has 172 valence electrons. The molecule has 3 aliphatic rings. The van der Waals surface area contributed by atoms with Crippen LogP contribution >= 0.6 is 0 Å². The fourth-order valence-electron chi connectivity index (χ4n) is 4.41. The minimum Gasteiger partial charge on any atom is -0.493 e. The molecule has 0 radical (unpaired) electrons. The molecule has 1 saturated heterocycles. The quantitative estimate of drug-likeness (QED) is 0.491. The van der Waals surface area contributed by atoms with E-state index in [0.717, 1.165) is 43.4 Å². The Bertz CT molecular complexity index is 1390. The van der Waals surface area contributed by atoms with Crippen LogP contribution in [0.1, 0.15) is 37.8 Å². The highest BCUT2D eigenvalue weighted by molar-refractivity contribution is 5.79. The lowest BCUT2D eigenvalue weighted by Crippen LogP contribution is -2.51. The predicted octanol–water partition coefficient (Wildman–Crippen LogP) is -0.489. The maximum atomic E-state index is 12.6. The minimum atomic E-state index is -0.484. The van der Waals surface area contributed by atoms with E-state index in [1.807, 2.05) is 11.0 Å². The number of rotatable bonds is 4. The summed E-state index contributed by atoms with van der Waals surface area (Å²) < 4.78 is 1.70. The molecule has 1 amide bonds. The molecule has 0 bridgehead atoms. The summed E-state index contributed by atoms with van der Waals surface area (Å²) in [4.78, 5) is 42.8. The lowest BCUT2D eigenvalue weighted by molar-refractivity contribution is -0.138. The first-order valence-corrected chi connectivity index (χ1v) is 11.5. The van der Waals surface area contributed by atoms with Crippen LogP contribution in [0, 0.1) is 5.92 Å². The molecule has 3 fully saturated rings. The number of carbonyl (C=O) groups excluding carboxylic acids is 1. The molecule has 4 heterocycles. The Labute approximate surface area is 188 Å². The Balaban J connectivity index is 1.36. The summed E-state index contributed by atoms with van der Waals surface area (Å²) in [5.74, 6) is 1.07. The molecule has 11 heteroatoms. The molecule has 0 spiro atoms. The van der Waals surface area contributed by atoms with Crippen molar-refractivity contribution in [2.24, 2.45) is 10.9 Å². The van der Waals surface area contributed by atoms with E-state index in [4.69, 9.17) is 9.98 Å². The van der Waals surface area contributed by atoms with Gasteiger partial charge in [0, 0.05) is 43.4 Å². The van der Waals surface area contributed by atoms with Gasteiger partial charge in [-0.2, -0.15) is 9.61 Å². The van der Waals surface area contributed by atoms with E-state index in [9.17, 15) is 14.7 Å². The molecule has 33 heavy (non-hydrogen) atoms. The molecule has 2 aliphatic carbocycles. The molecule has 3 aromatic heterocycles. The number of fused-ring (bicyclic) bond motifs is 1. The molecule has 11 nitrogen and oxygen atoms in total. The highest BCUT2D eigenvalue weighted by atomic mass is 16.3. The van der Waals surface area contributed by atoms with Crippen molar-refractivity contribution in [2.45, 2.75) is 38.1 Å². The molecule has 3 aromatic rings. The molecule has 0 unspecified atom stereocenters. The number of H-pyrrole nitrogens is 2. The largest absolute Gasteiger partial charge is 0.493 e. The predicted molar refractivity (Wildman–Crippen MR) is 120 cm³/mol. The van der Waals surface area contributed by atoms with E-state index in [2.05, 4.69) is 20.0 Å². The van der Waals surface area contributed by atoms with Gasteiger partial charge in [0.2, 0.25) is 11.8 Å². The normalized spacial score (nSPS) is 20.6. The van der Waals surface area contributed by atoms with Gasteiger partial charge in [-0.05, 0) is 31.8 Å². The molecule has 1 aliphatic heterocycles. The molecular formula is C22H26N8O3. The van der Waals surface area contributed by atoms with Gasteiger partial charge >= 0.3 is 5.69 Å². The Kier molecular flexibility index (Phi) is 4.70. The number of aromatic amines is 2. The summed E-state index contributed by atoms with van der Waals surface area (Å²) >= 11 is 0. The fraction of sp³-hybridized carbons (Fsp3) is 0.500. The van der Waals surface area contributed by atoms with Crippen LogP contribution in [0.5, 0.6) is 5.88 Å².